The number of nitrogens with two attached hydrogens (primary N) is 2. The summed E-state index contributed by atoms with van der Waals surface area (Å²) in [6.45, 7) is 0. The lowest BCUT2D eigenvalue weighted by atomic mass is 10.3. The summed E-state index contributed by atoms with van der Waals surface area (Å²) in [5, 5.41) is 0. The summed E-state index contributed by atoms with van der Waals surface area (Å²) in [4.78, 5) is 22.4. The molecule has 6 N–H and O–H groups in total. The molecule has 0 fully saturated rings. The fourth-order valence-electron chi connectivity index (χ4n) is 1.50. The molecule has 19 heavy (non-hydrogen) atoms. The molecule has 2 rings (SSSR count). The van der Waals surface area contributed by atoms with Gasteiger partial charge >= 0.3 is 11.8 Å². The SMILES string of the molecule is NNC(=O)c1ccc(Cc2ccc(C(=O)NN)o2)o1. The minimum Gasteiger partial charge on any atom is -0.455 e. The van der Waals surface area contributed by atoms with Crippen molar-refractivity contribution in [3.63, 3.8) is 0 Å². The Kier molecular flexibility index (Phi) is 3.64. The van der Waals surface area contributed by atoms with E-state index in [0.717, 1.165) is 0 Å². The number of hydrogen-bond donors (Lipinski definition) is 4. The van der Waals surface area contributed by atoms with Crippen molar-refractivity contribution in [2.24, 2.45) is 11.7 Å². The third-order valence-electron chi connectivity index (χ3n) is 2.38. The van der Waals surface area contributed by atoms with Crippen molar-refractivity contribution < 1.29 is 18.4 Å². The zero-order valence-corrected chi connectivity index (χ0v) is 9.80. The second kappa shape index (κ2) is 5.38. The maximum Gasteiger partial charge on any atom is 0.300 e. The van der Waals surface area contributed by atoms with E-state index in [9.17, 15) is 9.59 Å². The molecule has 2 aromatic rings. The molecule has 0 aliphatic rings. The van der Waals surface area contributed by atoms with Gasteiger partial charge < -0.3 is 8.83 Å². The van der Waals surface area contributed by atoms with E-state index < -0.39 is 11.8 Å². The minimum absolute atomic E-state index is 0.101. The first-order valence-corrected chi connectivity index (χ1v) is 5.33. The van der Waals surface area contributed by atoms with Crippen LogP contribution in [0.15, 0.2) is 33.1 Å². The Hall–Kier alpha value is -2.58. The number of carbonyl (C=O) groups is 2. The van der Waals surface area contributed by atoms with Gasteiger partial charge in [0.2, 0.25) is 0 Å². The number of nitrogens with one attached hydrogen (secondary N) is 2. The van der Waals surface area contributed by atoms with Gasteiger partial charge in [-0.2, -0.15) is 0 Å². The predicted octanol–water partition coefficient (Wildman–Crippen LogP) is -0.330. The Labute approximate surface area is 107 Å². The summed E-state index contributed by atoms with van der Waals surface area (Å²) < 4.78 is 10.5. The highest BCUT2D eigenvalue weighted by Crippen LogP contribution is 2.15. The minimum atomic E-state index is -0.520. The standard InChI is InChI=1S/C11H12N4O4/c12-14-10(16)8-3-1-6(18-8)5-7-2-4-9(19-7)11(17)15-13/h1-4H,5,12-13H2,(H,14,16)(H,15,17). The largest absolute Gasteiger partial charge is 0.455 e. The van der Waals surface area contributed by atoms with Crippen molar-refractivity contribution in [1.82, 2.24) is 10.9 Å². The van der Waals surface area contributed by atoms with Gasteiger partial charge in [-0.1, -0.05) is 0 Å². The van der Waals surface area contributed by atoms with Gasteiger partial charge in [0, 0.05) is 0 Å². The third-order valence-corrected chi connectivity index (χ3v) is 2.38. The first kappa shape index (κ1) is 12.9. The number of hydrogen-bond acceptors (Lipinski definition) is 6. The number of amides is 2. The molecule has 0 radical (unpaired) electrons. The summed E-state index contributed by atoms with van der Waals surface area (Å²) >= 11 is 0. The van der Waals surface area contributed by atoms with Crippen molar-refractivity contribution in [2.45, 2.75) is 6.42 Å². The smallest absolute Gasteiger partial charge is 0.300 e. The van der Waals surface area contributed by atoms with Crippen molar-refractivity contribution in [3.8, 4) is 0 Å². The van der Waals surface area contributed by atoms with E-state index in [0.29, 0.717) is 17.9 Å². The second-order valence-electron chi connectivity index (χ2n) is 3.66. The van der Waals surface area contributed by atoms with Crippen LogP contribution in [-0.4, -0.2) is 11.8 Å². The molecular weight excluding hydrogens is 252 g/mol. The highest BCUT2D eigenvalue weighted by Gasteiger charge is 2.13. The van der Waals surface area contributed by atoms with Crippen LogP contribution in [-0.2, 0) is 6.42 Å². The van der Waals surface area contributed by atoms with Gasteiger partial charge in [0.25, 0.3) is 0 Å². The van der Waals surface area contributed by atoms with Crippen LogP contribution in [0.1, 0.15) is 32.6 Å². The number of rotatable bonds is 4. The van der Waals surface area contributed by atoms with Gasteiger partial charge in [0.05, 0.1) is 6.42 Å². The fourth-order valence-corrected chi connectivity index (χ4v) is 1.50. The van der Waals surface area contributed by atoms with Crippen LogP contribution in [0.4, 0.5) is 0 Å². The molecule has 2 aromatic heterocycles. The Balaban J connectivity index is 2.09. The molecule has 2 amide bonds. The molecule has 0 saturated heterocycles. The zero-order valence-electron chi connectivity index (χ0n) is 9.80. The highest BCUT2D eigenvalue weighted by molar-refractivity contribution is 5.91. The van der Waals surface area contributed by atoms with E-state index in [1.807, 2.05) is 10.9 Å². The Morgan fingerprint density at radius 2 is 1.32 bits per heavy atom. The average molecular weight is 264 g/mol. The van der Waals surface area contributed by atoms with Gasteiger partial charge in [0.15, 0.2) is 11.5 Å². The van der Waals surface area contributed by atoms with Crippen LogP contribution in [0.5, 0.6) is 0 Å². The number of hydrazine groups is 2. The third kappa shape index (κ3) is 2.81. The van der Waals surface area contributed by atoms with E-state index in [4.69, 9.17) is 20.5 Å². The first-order chi connectivity index (χ1) is 9.13. The number of furan rings is 2. The zero-order chi connectivity index (χ0) is 13.8. The van der Waals surface area contributed by atoms with Crippen LogP contribution >= 0.6 is 0 Å². The summed E-state index contributed by atoms with van der Waals surface area (Å²) in [6, 6.07) is 6.23. The summed E-state index contributed by atoms with van der Waals surface area (Å²) in [7, 11) is 0. The van der Waals surface area contributed by atoms with E-state index >= 15 is 0 Å². The Morgan fingerprint density at radius 3 is 1.68 bits per heavy atom. The van der Waals surface area contributed by atoms with E-state index in [1.54, 1.807) is 12.1 Å². The lowest BCUT2D eigenvalue weighted by Gasteiger charge is -1.96. The Bertz CT molecular complexity index is 549. The quantitative estimate of drug-likeness (QED) is 0.339. The van der Waals surface area contributed by atoms with Crippen molar-refractivity contribution in [3.05, 3.63) is 47.3 Å². The number of nitrogen functional groups attached to an aromatic ring is 2. The fraction of sp³-hybridized carbons (Fsp3) is 0.0909. The molecular formula is C11H12N4O4. The van der Waals surface area contributed by atoms with Crippen LogP contribution in [0.2, 0.25) is 0 Å². The van der Waals surface area contributed by atoms with Crippen molar-refractivity contribution >= 4 is 11.8 Å². The molecule has 0 aliphatic heterocycles. The number of carbonyl (C=O) groups excluding carboxylic acids is 2. The summed E-state index contributed by atoms with van der Waals surface area (Å²) in [5.41, 5.74) is 3.92. The molecule has 8 heteroatoms. The lowest BCUT2D eigenvalue weighted by Crippen LogP contribution is -2.29. The monoisotopic (exact) mass is 264 g/mol. The lowest BCUT2D eigenvalue weighted by molar-refractivity contribution is 0.0919. The topological polar surface area (TPSA) is 137 Å². The van der Waals surface area contributed by atoms with E-state index in [-0.39, 0.29) is 11.5 Å². The average Bonchev–Trinajstić information content (AvgIpc) is 3.07. The molecule has 0 aromatic carbocycles. The molecule has 0 spiro atoms. The van der Waals surface area contributed by atoms with Gasteiger partial charge in [-0.3, -0.25) is 20.4 Å². The van der Waals surface area contributed by atoms with Gasteiger partial charge in [0.1, 0.15) is 11.5 Å². The normalized spacial score (nSPS) is 10.2. The van der Waals surface area contributed by atoms with E-state index in [1.165, 1.54) is 12.1 Å². The molecule has 0 atom stereocenters. The second-order valence-corrected chi connectivity index (χ2v) is 3.66. The summed E-state index contributed by atoms with van der Waals surface area (Å²) in [6.07, 6.45) is 0.301. The van der Waals surface area contributed by atoms with Gasteiger partial charge in [-0.15, -0.1) is 0 Å². The van der Waals surface area contributed by atoms with Crippen molar-refractivity contribution in [1.29, 1.82) is 0 Å². The predicted molar refractivity (Wildman–Crippen MR) is 63.5 cm³/mol. The maximum atomic E-state index is 11.2. The van der Waals surface area contributed by atoms with E-state index in [2.05, 4.69) is 0 Å². The summed E-state index contributed by atoms with van der Waals surface area (Å²) in [5.74, 6) is 10.1. The highest BCUT2D eigenvalue weighted by atomic mass is 16.4. The molecule has 0 aliphatic carbocycles. The van der Waals surface area contributed by atoms with Crippen LogP contribution in [0.3, 0.4) is 0 Å². The molecule has 100 valence electrons. The molecule has 0 unspecified atom stereocenters. The molecule has 8 nitrogen and oxygen atoms in total. The van der Waals surface area contributed by atoms with Crippen LogP contribution in [0.25, 0.3) is 0 Å². The molecule has 0 saturated carbocycles. The Morgan fingerprint density at radius 1 is 0.895 bits per heavy atom. The van der Waals surface area contributed by atoms with Crippen LogP contribution in [0, 0.1) is 0 Å². The van der Waals surface area contributed by atoms with Gasteiger partial charge in [-0.05, 0) is 24.3 Å². The van der Waals surface area contributed by atoms with Crippen LogP contribution < -0.4 is 22.5 Å². The molecule has 0 bridgehead atoms. The van der Waals surface area contributed by atoms with Crippen molar-refractivity contribution in [2.75, 3.05) is 0 Å². The first-order valence-electron chi connectivity index (χ1n) is 5.33. The molecule has 2 heterocycles. The maximum absolute atomic E-state index is 11.2. The van der Waals surface area contributed by atoms with Gasteiger partial charge in [-0.25, -0.2) is 11.7 Å².